The Bertz CT molecular complexity index is 441. The van der Waals surface area contributed by atoms with Gasteiger partial charge in [-0.25, -0.2) is 0 Å². The van der Waals surface area contributed by atoms with Gasteiger partial charge in [0.1, 0.15) is 11.9 Å². The summed E-state index contributed by atoms with van der Waals surface area (Å²) in [6, 6.07) is 8.02. The van der Waals surface area contributed by atoms with E-state index >= 15 is 0 Å². The maximum Gasteiger partial charge on any atom is 0.305 e. The number of rotatable bonds is 6. The topological polar surface area (TPSA) is 44.8 Å². The van der Waals surface area contributed by atoms with E-state index in [0.29, 0.717) is 12.3 Å². The van der Waals surface area contributed by atoms with Crippen molar-refractivity contribution in [3.05, 3.63) is 29.8 Å². The smallest absolute Gasteiger partial charge is 0.305 e. The fourth-order valence-corrected chi connectivity index (χ4v) is 2.81. The number of carbonyl (C=O) groups excluding carboxylic acids is 1. The number of hydrogen-bond donors (Lipinski definition) is 0. The second-order valence-electron chi connectivity index (χ2n) is 5.39. The number of hydrogen-bond acceptors (Lipinski definition) is 4. The lowest BCUT2D eigenvalue weighted by Gasteiger charge is -2.31. The molecule has 0 spiro atoms. The highest BCUT2D eigenvalue weighted by Crippen LogP contribution is 2.35. The van der Waals surface area contributed by atoms with Crippen molar-refractivity contribution in [2.75, 3.05) is 13.9 Å². The summed E-state index contributed by atoms with van der Waals surface area (Å²) < 4.78 is 15.9. The molecule has 0 N–H and O–H groups in total. The molecule has 0 unspecified atom stereocenters. The minimum absolute atomic E-state index is 0.0111. The minimum atomic E-state index is -0.105. The van der Waals surface area contributed by atoms with E-state index in [0.717, 1.165) is 25.0 Å². The molecule has 1 saturated carbocycles. The summed E-state index contributed by atoms with van der Waals surface area (Å²) in [5.41, 5.74) is 1.22. The van der Waals surface area contributed by atoms with Crippen LogP contribution in [0.1, 0.15) is 50.5 Å². The molecule has 0 aromatic heterocycles. The summed E-state index contributed by atoms with van der Waals surface area (Å²) in [6.45, 7) is 2.08. The molecule has 116 valence electrons. The monoisotopic (exact) mass is 292 g/mol. The van der Waals surface area contributed by atoms with E-state index in [1.165, 1.54) is 12.0 Å². The lowest BCUT2D eigenvalue weighted by molar-refractivity contribution is -0.151. The first-order valence-electron chi connectivity index (χ1n) is 7.65. The normalized spacial score (nSPS) is 21.8. The number of benzene rings is 1. The van der Waals surface area contributed by atoms with Gasteiger partial charge in [-0.3, -0.25) is 4.79 Å². The summed E-state index contributed by atoms with van der Waals surface area (Å²) in [4.78, 5) is 11.6. The van der Waals surface area contributed by atoms with Gasteiger partial charge in [0.15, 0.2) is 6.79 Å². The second-order valence-corrected chi connectivity index (χ2v) is 5.39. The van der Waals surface area contributed by atoms with Crippen molar-refractivity contribution >= 4 is 5.97 Å². The van der Waals surface area contributed by atoms with E-state index in [1.807, 2.05) is 19.1 Å². The van der Waals surface area contributed by atoms with E-state index in [9.17, 15) is 4.79 Å². The molecule has 2 rings (SSSR count). The molecule has 4 heteroatoms. The predicted molar refractivity (Wildman–Crippen MR) is 80.3 cm³/mol. The zero-order valence-electron chi connectivity index (χ0n) is 12.8. The Labute approximate surface area is 126 Å². The first-order chi connectivity index (χ1) is 10.2. The number of methoxy groups -OCH3 is 1. The van der Waals surface area contributed by atoms with Gasteiger partial charge in [0.25, 0.3) is 0 Å². The molecule has 0 bridgehead atoms. The first-order valence-corrected chi connectivity index (χ1v) is 7.65. The van der Waals surface area contributed by atoms with Crippen LogP contribution in [0.25, 0.3) is 0 Å². The van der Waals surface area contributed by atoms with Crippen molar-refractivity contribution in [1.29, 1.82) is 0 Å². The van der Waals surface area contributed by atoms with Crippen LogP contribution < -0.4 is 4.74 Å². The molecule has 0 amide bonds. The third-order valence-electron chi connectivity index (χ3n) is 3.93. The molecule has 1 aliphatic carbocycles. The van der Waals surface area contributed by atoms with Crippen LogP contribution >= 0.6 is 0 Å². The summed E-state index contributed by atoms with van der Waals surface area (Å²) in [5, 5.41) is 0. The van der Waals surface area contributed by atoms with Gasteiger partial charge in [-0.15, -0.1) is 0 Å². The van der Waals surface area contributed by atoms with Crippen LogP contribution in [-0.2, 0) is 14.3 Å². The third-order valence-corrected chi connectivity index (χ3v) is 3.93. The van der Waals surface area contributed by atoms with Crippen LogP contribution in [0.15, 0.2) is 24.3 Å². The van der Waals surface area contributed by atoms with Gasteiger partial charge >= 0.3 is 5.97 Å². The predicted octanol–water partition coefficient (Wildman–Crippen LogP) is 3.65. The fraction of sp³-hybridized carbons (Fsp3) is 0.588. The van der Waals surface area contributed by atoms with Crippen molar-refractivity contribution in [1.82, 2.24) is 0 Å². The van der Waals surface area contributed by atoms with Crippen LogP contribution in [0.3, 0.4) is 0 Å². The lowest BCUT2D eigenvalue weighted by atomic mass is 9.81. The van der Waals surface area contributed by atoms with Gasteiger partial charge in [-0.1, -0.05) is 25.5 Å². The zero-order chi connectivity index (χ0) is 15.1. The van der Waals surface area contributed by atoms with E-state index in [-0.39, 0.29) is 18.9 Å². The highest BCUT2D eigenvalue weighted by Gasteiger charge is 2.29. The number of esters is 1. The van der Waals surface area contributed by atoms with Gasteiger partial charge in [0.2, 0.25) is 0 Å². The summed E-state index contributed by atoms with van der Waals surface area (Å²) in [5.74, 6) is 0.983. The van der Waals surface area contributed by atoms with E-state index < -0.39 is 0 Å². The molecule has 0 saturated heterocycles. The van der Waals surface area contributed by atoms with Gasteiger partial charge in [-0.05, 0) is 37.0 Å². The van der Waals surface area contributed by atoms with Gasteiger partial charge in [0, 0.05) is 19.4 Å². The molecule has 1 aliphatic rings. The van der Waals surface area contributed by atoms with Crippen molar-refractivity contribution < 1.29 is 19.0 Å². The molecule has 1 aromatic rings. The van der Waals surface area contributed by atoms with Crippen LogP contribution in [0.4, 0.5) is 0 Å². The van der Waals surface area contributed by atoms with Crippen LogP contribution in [0.2, 0.25) is 0 Å². The highest BCUT2D eigenvalue weighted by atomic mass is 16.7. The van der Waals surface area contributed by atoms with E-state index in [4.69, 9.17) is 14.2 Å². The molecule has 0 heterocycles. The SMILES string of the molecule is CCC(=O)O[C@H]1CCCC[C@@H]1c1ccc(OCOC)cc1. The Morgan fingerprint density at radius 3 is 2.57 bits per heavy atom. The van der Waals surface area contributed by atoms with Crippen molar-refractivity contribution in [2.45, 2.75) is 51.0 Å². The van der Waals surface area contributed by atoms with Gasteiger partial charge in [0.05, 0.1) is 0 Å². The Morgan fingerprint density at radius 1 is 1.19 bits per heavy atom. The molecule has 1 aromatic carbocycles. The molecule has 4 nitrogen and oxygen atoms in total. The Kier molecular flexibility index (Phi) is 6.05. The molecule has 2 atom stereocenters. The summed E-state index contributed by atoms with van der Waals surface area (Å²) >= 11 is 0. The summed E-state index contributed by atoms with van der Waals surface area (Å²) in [6.07, 6.45) is 4.79. The Hall–Kier alpha value is -1.55. The van der Waals surface area contributed by atoms with Crippen LogP contribution in [0.5, 0.6) is 5.75 Å². The minimum Gasteiger partial charge on any atom is -0.468 e. The average molecular weight is 292 g/mol. The van der Waals surface area contributed by atoms with Crippen LogP contribution in [0, 0.1) is 0 Å². The molecule has 21 heavy (non-hydrogen) atoms. The zero-order valence-corrected chi connectivity index (χ0v) is 12.8. The van der Waals surface area contributed by atoms with Gasteiger partial charge < -0.3 is 14.2 Å². The highest BCUT2D eigenvalue weighted by molar-refractivity contribution is 5.69. The Morgan fingerprint density at radius 2 is 1.90 bits per heavy atom. The van der Waals surface area contributed by atoms with E-state index in [2.05, 4.69) is 12.1 Å². The standard InChI is InChI=1S/C17H24O4/c1-3-17(18)21-16-7-5-4-6-15(16)13-8-10-14(11-9-13)20-12-19-2/h8-11,15-16H,3-7,12H2,1-2H3/t15-,16+/m1/s1. The molecule has 0 aliphatic heterocycles. The number of carbonyl (C=O) groups is 1. The third kappa shape index (κ3) is 4.46. The lowest BCUT2D eigenvalue weighted by Crippen LogP contribution is -2.28. The maximum absolute atomic E-state index is 11.6. The molecule has 1 fully saturated rings. The van der Waals surface area contributed by atoms with Crippen molar-refractivity contribution in [3.63, 3.8) is 0 Å². The largest absolute Gasteiger partial charge is 0.468 e. The molecular weight excluding hydrogens is 268 g/mol. The van der Waals surface area contributed by atoms with Crippen LogP contribution in [-0.4, -0.2) is 26.0 Å². The van der Waals surface area contributed by atoms with E-state index in [1.54, 1.807) is 7.11 Å². The second kappa shape index (κ2) is 8.03. The summed E-state index contributed by atoms with van der Waals surface area (Å²) in [7, 11) is 1.60. The molecule has 0 radical (unpaired) electrons. The quantitative estimate of drug-likeness (QED) is 0.593. The van der Waals surface area contributed by atoms with Crippen molar-refractivity contribution in [3.8, 4) is 5.75 Å². The molecular formula is C17H24O4. The fourth-order valence-electron chi connectivity index (χ4n) is 2.81. The Balaban J connectivity index is 2.04. The van der Waals surface area contributed by atoms with Crippen molar-refractivity contribution in [2.24, 2.45) is 0 Å². The average Bonchev–Trinajstić information content (AvgIpc) is 2.54. The first kappa shape index (κ1) is 15.8. The maximum atomic E-state index is 11.6. The number of ether oxygens (including phenoxy) is 3. The van der Waals surface area contributed by atoms with Gasteiger partial charge in [-0.2, -0.15) is 0 Å².